The molecule has 2 N–H and O–H groups in total. The van der Waals surface area contributed by atoms with Gasteiger partial charge in [-0.15, -0.1) is 0 Å². The van der Waals surface area contributed by atoms with Gasteiger partial charge in [0.15, 0.2) is 0 Å². The average molecular weight is 256 g/mol. The Hall–Kier alpha value is -1.04. The molecule has 1 unspecified atom stereocenters. The van der Waals surface area contributed by atoms with Crippen molar-refractivity contribution in [2.45, 2.75) is 25.4 Å². The summed E-state index contributed by atoms with van der Waals surface area (Å²) in [5.74, 6) is -1.41. The van der Waals surface area contributed by atoms with Gasteiger partial charge in [-0.1, -0.05) is 12.5 Å². The third-order valence-electron chi connectivity index (χ3n) is 3.20. The van der Waals surface area contributed by atoms with Crippen LogP contribution < -0.4 is 5.43 Å². The van der Waals surface area contributed by atoms with Crippen LogP contribution >= 0.6 is 0 Å². The van der Waals surface area contributed by atoms with E-state index in [0.717, 1.165) is 38.1 Å². The first-order valence-corrected chi connectivity index (χ1v) is 6.29. The fraction of sp³-hybridized carbons (Fsp3) is 0.538. The first-order chi connectivity index (χ1) is 8.68. The van der Waals surface area contributed by atoms with Crippen molar-refractivity contribution in [1.82, 2.24) is 10.4 Å². The summed E-state index contributed by atoms with van der Waals surface area (Å²) in [6.07, 6.45) is 2.25. The second-order valence-corrected chi connectivity index (χ2v) is 4.56. The van der Waals surface area contributed by atoms with Crippen molar-refractivity contribution >= 4 is 0 Å². The Bertz CT molecular complexity index is 374. The van der Waals surface area contributed by atoms with Gasteiger partial charge in [-0.25, -0.2) is 13.8 Å². The SMILES string of the molecule is OC(CNN1CCCCC1)c1c(F)cccc1F. The molecule has 1 saturated heterocycles. The van der Waals surface area contributed by atoms with Gasteiger partial charge >= 0.3 is 0 Å². The number of hydrogen-bond donors (Lipinski definition) is 2. The molecule has 0 amide bonds. The molecule has 1 atom stereocenters. The lowest BCUT2D eigenvalue weighted by molar-refractivity contribution is 0.0958. The molecular weight excluding hydrogens is 238 g/mol. The zero-order valence-corrected chi connectivity index (χ0v) is 10.2. The summed E-state index contributed by atoms with van der Waals surface area (Å²) in [6.45, 7) is 1.94. The minimum absolute atomic E-state index is 0.123. The Kier molecular flexibility index (Phi) is 4.63. The fourth-order valence-corrected chi connectivity index (χ4v) is 2.20. The van der Waals surface area contributed by atoms with Gasteiger partial charge in [0, 0.05) is 19.6 Å². The molecule has 0 aliphatic carbocycles. The molecule has 18 heavy (non-hydrogen) atoms. The van der Waals surface area contributed by atoms with E-state index >= 15 is 0 Å². The van der Waals surface area contributed by atoms with Gasteiger partial charge in [0.1, 0.15) is 11.6 Å². The van der Waals surface area contributed by atoms with Gasteiger partial charge in [0.05, 0.1) is 11.7 Å². The molecule has 1 aromatic rings. The predicted molar refractivity (Wildman–Crippen MR) is 64.7 cm³/mol. The van der Waals surface area contributed by atoms with E-state index in [1.54, 1.807) is 0 Å². The van der Waals surface area contributed by atoms with E-state index in [0.29, 0.717) is 0 Å². The van der Waals surface area contributed by atoms with Crippen molar-refractivity contribution in [3.63, 3.8) is 0 Å². The lowest BCUT2D eigenvalue weighted by Crippen LogP contribution is -2.43. The summed E-state index contributed by atoms with van der Waals surface area (Å²) in [5, 5.41) is 11.8. The zero-order valence-electron chi connectivity index (χ0n) is 10.2. The number of nitrogens with one attached hydrogen (secondary N) is 1. The van der Waals surface area contributed by atoms with E-state index in [9.17, 15) is 13.9 Å². The van der Waals surface area contributed by atoms with Crippen molar-refractivity contribution < 1.29 is 13.9 Å². The lowest BCUT2D eigenvalue weighted by atomic mass is 10.1. The number of hydrazine groups is 1. The van der Waals surface area contributed by atoms with Gasteiger partial charge in [0.25, 0.3) is 0 Å². The monoisotopic (exact) mass is 256 g/mol. The zero-order chi connectivity index (χ0) is 13.0. The predicted octanol–water partition coefficient (Wildman–Crippen LogP) is 1.99. The fourth-order valence-electron chi connectivity index (χ4n) is 2.20. The van der Waals surface area contributed by atoms with Crippen LogP contribution in [0.1, 0.15) is 30.9 Å². The summed E-state index contributed by atoms with van der Waals surface area (Å²) in [6, 6.07) is 3.60. The molecule has 0 aromatic heterocycles. The average Bonchev–Trinajstić information content (AvgIpc) is 2.37. The number of hydrogen-bond acceptors (Lipinski definition) is 3. The second kappa shape index (κ2) is 6.22. The van der Waals surface area contributed by atoms with Crippen molar-refractivity contribution in [2.24, 2.45) is 0 Å². The molecule has 3 nitrogen and oxygen atoms in total. The van der Waals surface area contributed by atoms with Crippen LogP contribution in [0.4, 0.5) is 8.78 Å². The smallest absolute Gasteiger partial charge is 0.131 e. The van der Waals surface area contributed by atoms with Crippen molar-refractivity contribution in [1.29, 1.82) is 0 Å². The normalized spacial score (nSPS) is 18.8. The molecule has 1 aliphatic heterocycles. The highest BCUT2D eigenvalue weighted by Gasteiger charge is 2.19. The lowest BCUT2D eigenvalue weighted by Gasteiger charge is -2.28. The van der Waals surface area contributed by atoms with Gasteiger partial charge < -0.3 is 5.11 Å². The van der Waals surface area contributed by atoms with Crippen molar-refractivity contribution in [2.75, 3.05) is 19.6 Å². The number of benzene rings is 1. The van der Waals surface area contributed by atoms with E-state index in [-0.39, 0.29) is 12.1 Å². The number of aliphatic hydroxyl groups is 1. The van der Waals surface area contributed by atoms with Crippen LogP contribution in [-0.4, -0.2) is 29.7 Å². The number of nitrogens with zero attached hydrogens (tertiary/aromatic N) is 1. The molecular formula is C13H18F2N2O. The third kappa shape index (κ3) is 3.25. The quantitative estimate of drug-likeness (QED) is 0.864. The maximum atomic E-state index is 13.4. The van der Waals surface area contributed by atoms with E-state index in [4.69, 9.17) is 0 Å². The Morgan fingerprint density at radius 3 is 2.39 bits per heavy atom. The van der Waals surface area contributed by atoms with E-state index < -0.39 is 17.7 Å². The second-order valence-electron chi connectivity index (χ2n) is 4.56. The van der Waals surface area contributed by atoms with Crippen LogP contribution in [0.3, 0.4) is 0 Å². The van der Waals surface area contributed by atoms with E-state index in [1.165, 1.54) is 12.5 Å². The number of halogens is 2. The Morgan fingerprint density at radius 1 is 1.17 bits per heavy atom. The van der Waals surface area contributed by atoms with Gasteiger partial charge in [-0.05, 0) is 25.0 Å². The Balaban J connectivity index is 1.92. The van der Waals surface area contributed by atoms with Crippen LogP contribution in [-0.2, 0) is 0 Å². The van der Waals surface area contributed by atoms with Crippen molar-refractivity contribution in [3.8, 4) is 0 Å². The highest BCUT2D eigenvalue weighted by Crippen LogP contribution is 2.20. The molecule has 2 rings (SSSR count). The molecule has 1 aliphatic rings. The minimum atomic E-state index is -1.17. The van der Waals surface area contributed by atoms with Gasteiger partial charge in [-0.2, -0.15) is 0 Å². The first kappa shape index (κ1) is 13.4. The number of piperidine rings is 1. The molecule has 0 spiro atoms. The highest BCUT2D eigenvalue weighted by atomic mass is 19.1. The third-order valence-corrected chi connectivity index (χ3v) is 3.20. The highest BCUT2D eigenvalue weighted by molar-refractivity contribution is 5.22. The minimum Gasteiger partial charge on any atom is -0.387 e. The van der Waals surface area contributed by atoms with E-state index in [2.05, 4.69) is 5.43 Å². The summed E-state index contributed by atoms with van der Waals surface area (Å²) in [4.78, 5) is 0. The largest absolute Gasteiger partial charge is 0.387 e. The summed E-state index contributed by atoms with van der Waals surface area (Å²) in [5.41, 5.74) is 2.76. The standard InChI is InChI=1S/C13H18F2N2O/c14-10-5-4-6-11(15)13(10)12(18)9-16-17-7-2-1-3-8-17/h4-6,12,16,18H,1-3,7-9H2. The molecule has 0 radical (unpaired) electrons. The molecule has 1 aromatic carbocycles. The van der Waals surface area contributed by atoms with Crippen LogP contribution in [0.25, 0.3) is 0 Å². The number of rotatable bonds is 4. The first-order valence-electron chi connectivity index (χ1n) is 6.29. The molecule has 5 heteroatoms. The topological polar surface area (TPSA) is 35.5 Å². The summed E-state index contributed by atoms with van der Waals surface area (Å²) >= 11 is 0. The van der Waals surface area contributed by atoms with E-state index in [1.807, 2.05) is 5.01 Å². The molecule has 0 bridgehead atoms. The maximum absolute atomic E-state index is 13.4. The van der Waals surface area contributed by atoms with Gasteiger partial charge in [-0.3, -0.25) is 5.43 Å². The maximum Gasteiger partial charge on any atom is 0.131 e. The van der Waals surface area contributed by atoms with Crippen LogP contribution in [0, 0.1) is 11.6 Å². The Morgan fingerprint density at radius 2 is 1.78 bits per heavy atom. The van der Waals surface area contributed by atoms with Crippen LogP contribution in [0.15, 0.2) is 18.2 Å². The molecule has 100 valence electrons. The number of aliphatic hydroxyl groups excluding tert-OH is 1. The molecule has 1 heterocycles. The molecule has 0 saturated carbocycles. The Labute approximate surface area is 105 Å². The van der Waals surface area contributed by atoms with Crippen molar-refractivity contribution in [3.05, 3.63) is 35.4 Å². The van der Waals surface area contributed by atoms with Crippen LogP contribution in [0.2, 0.25) is 0 Å². The van der Waals surface area contributed by atoms with Gasteiger partial charge in [0.2, 0.25) is 0 Å². The van der Waals surface area contributed by atoms with Crippen LogP contribution in [0.5, 0.6) is 0 Å². The molecule has 1 fully saturated rings. The summed E-state index contributed by atoms with van der Waals surface area (Å²) in [7, 11) is 0. The summed E-state index contributed by atoms with van der Waals surface area (Å²) < 4.78 is 26.9.